The van der Waals surface area contributed by atoms with Crippen LogP contribution in [0.1, 0.15) is 52.4 Å². The maximum atomic E-state index is 12.6. The first-order valence-corrected chi connectivity index (χ1v) is 7.18. The van der Waals surface area contributed by atoms with Crippen molar-refractivity contribution in [1.82, 2.24) is 5.32 Å². The molecule has 1 fully saturated rings. The molecule has 1 nitrogen and oxygen atoms in total. The van der Waals surface area contributed by atoms with Gasteiger partial charge in [0, 0.05) is 12.5 Å². The molecule has 110 valence electrons. The van der Waals surface area contributed by atoms with E-state index in [0.29, 0.717) is 18.8 Å². The van der Waals surface area contributed by atoms with Gasteiger partial charge in [-0.3, -0.25) is 0 Å². The summed E-state index contributed by atoms with van der Waals surface area (Å²) in [7, 11) is 0. The minimum atomic E-state index is -4.01. The maximum absolute atomic E-state index is 12.6. The summed E-state index contributed by atoms with van der Waals surface area (Å²) in [6, 6.07) is 0.251. The summed E-state index contributed by atoms with van der Waals surface area (Å²) in [6.07, 6.45) is -0.351. The van der Waals surface area contributed by atoms with Gasteiger partial charge in [0.25, 0.3) is 0 Å². The van der Waals surface area contributed by atoms with E-state index in [4.69, 9.17) is 0 Å². The van der Waals surface area contributed by atoms with Crippen molar-refractivity contribution in [1.29, 1.82) is 0 Å². The molecule has 0 aromatic heterocycles. The maximum Gasteiger partial charge on any atom is 0.391 e. The Morgan fingerprint density at radius 2 is 1.84 bits per heavy atom. The molecule has 4 heteroatoms. The quantitative estimate of drug-likeness (QED) is 0.744. The van der Waals surface area contributed by atoms with E-state index >= 15 is 0 Å². The third-order valence-electron chi connectivity index (χ3n) is 3.96. The summed E-state index contributed by atoms with van der Waals surface area (Å²) in [5.74, 6) is 5.19. The number of alkyl halides is 3. The third kappa shape index (κ3) is 5.44. The van der Waals surface area contributed by atoms with Gasteiger partial charge in [-0.05, 0) is 51.5 Å². The number of hydrogen-bond donors (Lipinski definition) is 1. The van der Waals surface area contributed by atoms with Crippen LogP contribution in [0.25, 0.3) is 0 Å². The lowest BCUT2D eigenvalue weighted by molar-refractivity contribution is -0.184. The van der Waals surface area contributed by atoms with E-state index in [-0.39, 0.29) is 18.9 Å². The number of nitrogens with one attached hydrogen (secondary N) is 1. The van der Waals surface area contributed by atoms with Gasteiger partial charge in [0.15, 0.2) is 0 Å². The van der Waals surface area contributed by atoms with Gasteiger partial charge in [-0.2, -0.15) is 13.2 Å². The highest BCUT2D eigenvalue weighted by Crippen LogP contribution is 2.40. The first-order valence-electron chi connectivity index (χ1n) is 7.18. The van der Waals surface area contributed by atoms with Crippen molar-refractivity contribution in [3.8, 4) is 11.8 Å². The summed E-state index contributed by atoms with van der Waals surface area (Å²) in [6.45, 7) is 4.81. The molecule has 0 radical (unpaired) electrons. The molecule has 1 N–H and O–H groups in total. The predicted octanol–water partition coefficient (Wildman–Crippen LogP) is 4.14. The Hall–Kier alpha value is -0.690. The van der Waals surface area contributed by atoms with Crippen molar-refractivity contribution in [2.24, 2.45) is 11.8 Å². The molecule has 0 bridgehead atoms. The molecule has 19 heavy (non-hydrogen) atoms. The molecule has 1 aliphatic rings. The van der Waals surface area contributed by atoms with Crippen LogP contribution in [-0.4, -0.2) is 18.8 Å². The van der Waals surface area contributed by atoms with Crippen LogP contribution < -0.4 is 5.32 Å². The second-order valence-electron chi connectivity index (χ2n) is 5.34. The Morgan fingerprint density at radius 1 is 1.21 bits per heavy atom. The van der Waals surface area contributed by atoms with E-state index in [2.05, 4.69) is 24.1 Å². The first-order chi connectivity index (χ1) is 8.99. The standard InChI is InChI=1S/C15H24F3N/c1-3-5-6-14(19-11-4-2)12-7-9-13(10-8-12)15(16,17)18/h12-14,19H,4,6-11H2,1-2H3. The molecular weight excluding hydrogens is 251 g/mol. The minimum Gasteiger partial charge on any atom is -0.313 e. The summed E-state index contributed by atoms with van der Waals surface area (Å²) >= 11 is 0. The van der Waals surface area contributed by atoms with Crippen molar-refractivity contribution in [3.05, 3.63) is 0 Å². The smallest absolute Gasteiger partial charge is 0.313 e. The number of halogens is 3. The molecule has 1 rings (SSSR count). The molecule has 1 unspecified atom stereocenters. The van der Waals surface area contributed by atoms with E-state index in [1.165, 1.54) is 0 Å². The Labute approximate surface area is 114 Å². The lowest BCUT2D eigenvalue weighted by Gasteiger charge is -2.34. The van der Waals surface area contributed by atoms with Gasteiger partial charge in [-0.25, -0.2) is 0 Å². The van der Waals surface area contributed by atoms with E-state index in [1.54, 1.807) is 6.92 Å². The molecule has 1 aliphatic carbocycles. The highest BCUT2D eigenvalue weighted by atomic mass is 19.4. The van der Waals surface area contributed by atoms with Crippen molar-refractivity contribution in [3.63, 3.8) is 0 Å². The lowest BCUT2D eigenvalue weighted by Crippen LogP contribution is -2.40. The van der Waals surface area contributed by atoms with Crippen LogP contribution in [0.5, 0.6) is 0 Å². The highest BCUT2D eigenvalue weighted by Gasteiger charge is 2.42. The predicted molar refractivity (Wildman–Crippen MR) is 71.7 cm³/mol. The average Bonchev–Trinajstić information content (AvgIpc) is 2.38. The zero-order valence-corrected chi connectivity index (χ0v) is 11.8. The van der Waals surface area contributed by atoms with Crippen molar-refractivity contribution < 1.29 is 13.2 Å². The van der Waals surface area contributed by atoms with Gasteiger partial charge in [0.05, 0.1) is 5.92 Å². The molecule has 0 spiro atoms. The summed E-state index contributed by atoms with van der Waals surface area (Å²) in [4.78, 5) is 0. The number of hydrogen-bond acceptors (Lipinski definition) is 1. The van der Waals surface area contributed by atoms with E-state index in [0.717, 1.165) is 19.4 Å². The van der Waals surface area contributed by atoms with E-state index in [1.807, 2.05) is 0 Å². The van der Waals surface area contributed by atoms with Crippen molar-refractivity contribution >= 4 is 0 Å². The molecule has 0 aromatic rings. The zero-order chi connectivity index (χ0) is 14.3. The van der Waals surface area contributed by atoms with Crippen molar-refractivity contribution in [2.75, 3.05) is 6.54 Å². The Morgan fingerprint density at radius 3 is 2.32 bits per heavy atom. The van der Waals surface area contributed by atoms with Crippen LogP contribution >= 0.6 is 0 Å². The van der Waals surface area contributed by atoms with Crippen LogP contribution in [0.4, 0.5) is 13.2 Å². The summed E-state index contributed by atoms with van der Waals surface area (Å²) in [5.41, 5.74) is 0. The molecule has 1 saturated carbocycles. The second-order valence-corrected chi connectivity index (χ2v) is 5.34. The van der Waals surface area contributed by atoms with Gasteiger partial charge in [-0.15, -0.1) is 11.8 Å². The monoisotopic (exact) mass is 275 g/mol. The van der Waals surface area contributed by atoms with Crippen LogP contribution in [0.2, 0.25) is 0 Å². The van der Waals surface area contributed by atoms with Crippen molar-refractivity contribution in [2.45, 2.75) is 64.6 Å². The van der Waals surface area contributed by atoms with Gasteiger partial charge >= 0.3 is 6.18 Å². The van der Waals surface area contributed by atoms with Gasteiger partial charge in [0.1, 0.15) is 0 Å². The van der Waals surface area contributed by atoms with Crippen LogP contribution in [0, 0.1) is 23.7 Å². The highest BCUT2D eigenvalue weighted by molar-refractivity contribution is 5.00. The molecule has 1 atom stereocenters. The van der Waals surface area contributed by atoms with Gasteiger partial charge < -0.3 is 5.32 Å². The molecule has 0 aliphatic heterocycles. The Balaban J connectivity index is 2.50. The van der Waals surface area contributed by atoms with E-state index < -0.39 is 12.1 Å². The largest absolute Gasteiger partial charge is 0.391 e. The summed E-state index contributed by atoms with van der Waals surface area (Å²) < 4.78 is 37.9. The third-order valence-corrected chi connectivity index (χ3v) is 3.96. The molecule has 0 aromatic carbocycles. The zero-order valence-electron chi connectivity index (χ0n) is 11.8. The van der Waals surface area contributed by atoms with Crippen LogP contribution in [0.3, 0.4) is 0 Å². The Bertz CT molecular complexity index is 306. The van der Waals surface area contributed by atoms with Gasteiger partial charge in [-0.1, -0.05) is 6.92 Å². The topological polar surface area (TPSA) is 12.0 Å². The fourth-order valence-corrected chi connectivity index (χ4v) is 2.80. The molecular formula is C15H24F3N. The molecule has 0 saturated heterocycles. The second kappa shape index (κ2) is 7.79. The number of rotatable bonds is 5. The van der Waals surface area contributed by atoms with Crippen LogP contribution in [0.15, 0.2) is 0 Å². The molecule has 0 amide bonds. The van der Waals surface area contributed by atoms with Crippen LogP contribution in [-0.2, 0) is 0 Å². The van der Waals surface area contributed by atoms with E-state index in [9.17, 15) is 13.2 Å². The average molecular weight is 275 g/mol. The molecule has 0 heterocycles. The normalized spacial score (nSPS) is 25.5. The SMILES string of the molecule is CC#CCC(NCCC)C1CCC(C(F)(F)F)CC1. The first kappa shape index (κ1) is 16.4. The summed E-state index contributed by atoms with van der Waals surface area (Å²) in [5, 5.41) is 3.44. The fraction of sp³-hybridized carbons (Fsp3) is 0.867. The Kier molecular flexibility index (Phi) is 6.71. The van der Waals surface area contributed by atoms with Gasteiger partial charge in [0.2, 0.25) is 0 Å². The minimum absolute atomic E-state index is 0.251. The fourth-order valence-electron chi connectivity index (χ4n) is 2.80. The lowest BCUT2D eigenvalue weighted by atomic mass is 9.77.